The van der Waals surface area contributed by atoms with Crippen molar-refractivity contribution in [1.82, 2.24) is 4.98 Å². The van der Waals surface area contributed by atoms with Crippen molar-refractivity contribution in [2.45, 2.75) is 39.3 Å². The molecule has 6 heteroatoms. The summed E-state index contributed by atoms with van der Waals surface area (Å²) in [5, 5.41) is 8.89. The second-order valence-corrected chi connectivity index (χ2v) is 4.99. The van der Waals surface area contributed by atoms with Crippen LogP contribution in [0.2, 0.25) is 0 Å². The third-order valence-corrected chi connectivity index (χ3v) is 3.20. The highest BCUT2D eigenvalue weighted by Crippen LogP contribution is 2.14. The zero-order valence-electron chi connectivity index (χ0n) is 12.1. The van der Waals surface area contributed by atoms with Crippen LogP contribution in [0, 0.1) is 0 Å². The molecular formula is C13H24N2O3S. The van der Waals surface area contributed by atoms with Gasteiger partial charge in [-0.05, 0) is 31.8 Å². The van der Waals surface area contributed by atoms with Crippen molar-refractivity contribution in [3.8, 4) is 0 Å². The minimum absolute atomic E-state index is 0.189. The van der Waals surface area contributed by atoms with Crippen molar-refractivity contribution in [2.75, 3.05) is 19.1 Å². The average Bonchev–Trinajstić information content (AvgIpc) is 2.79. The molecule has 0 aliphatic carbocycles. The predicted molar refractivity (Wildman–Crippen MR) is 74.7 cm³/mol. The summed E-state index contributed by atoms with van der Waals surface area (Å²) in [5.74, 6) is 1.31. The van der Waals surface area contributed by atoms with E-state index in [1.807, 2.05) is 18.0 Å². The van der Waals surface area contributed by atoms with Crippen molar-refractivity contribution in [3.63, 3.8) is 0 Å². The zero-order chi connectivity index (χ0) is 14.7. The number of methoxy groups -OCH3 is 1. The number of ether oxygens (including phenoxy) is 1. The number of carboxylic acids is 1. The van der Waals surface area contributed by atoms with Crippen LogP contribution in [-0.2, 0) is 16.1 Å². The number of aromatic amines is 1. The van der Waals surface area contributed by atoms with Crippen LogP contribution in [0.15, 0.2) is 12.4 Å². The Morgan fingerprint density at radius 2 is 2.26 bits per heavy atom. The van der Waals surface area contributed by atoms with Gasteiger partial charge in [0.05, 0.1) is 6.54 Å². The Balaban J connectivity index is 0.000000711. The van der Waals surface area contributed by atoms with Gasteiger partial charge in [-0.2, -0.15) is 11.8 Å². The van der Waals surface area contributed by atoms with Crippen molar-refractivity contribution in [1.29, 1.82) is 0 Å². The SMILES string of the molecule is CC(=O)[O-].CCC(OC)c1[nH]cc[n+]1CCCSC. The Hall–Kier alpha value is -1.01. The molecule has 0 bridgehead atoms. The minimum atomic E-state index is -1.08. The first kappa shape index (κ1) is 18.0. The Labute approximate surface area is 119 Å². The summed E-state index contributed by atoms with van der Waals surface area (Å²) < 4.78 is 7.69. The van der Waals surface area contributed by atoms with Gasteiger partial charge in [0.25, 0.3) is 5.82 Å². The van der Waals surface area contributed by atoms with Crippen LogP contribution >= 0.6 is 11.8 Å². The molecule has 110 valence electrons. The van der Waals surface area contributed by atoms with E-state index in [0.717, 1.165) is 19.9 Å². The van der Waals surface area contributed by atoms with Crippen molar-refractivity contribution in [3.05, 3.63) is 18.2 Å². The first-order valence-electron chi connectivity index (χ1n) is 6.32. The molecule has 0 saturated heterocycles. The van der Waals surface area contributed by atoms with E-state index in [1.165, 1.54) is 18.0 Å². The second kappa shape index (κ2) is 10.9. The number of aliphatic carboxylic acids is 1. The normalized spacial score (nSPS) is 11.6. The van der Waals surface area contributed by atoms with Crippen LogP contribution in [0.4, 0.5) is 0 Å². The molecule has 0 radical (unpaired) electrons. The number of hydrogen-bond acceptors (Lipinski definition) is 4. The lowest BCUT2D eigenvalue weighted by molar-refractivity contribution is -0.706. The quantitative estimate of drug-likeness (QED) is 0.598. The summed E-state index contributed by atoms with van der Waals surface area (Å²) >= 11 is 1.89. The zero-order valence-corrected chi connectivity index (χ0v) is 13.0. The first-order valence-corrected chi connectivity index (χ1v) is 7.72. The van der Waals surface area contributed by atoms with Gasteiger partial charge in [-0.1, -0.05) is 6.92 Å². The largest absolute Gasteiger partial charge is 0.550 e. The highest BCUT2D eigenvalue weighted by atomic mass is 32.2. The van der Waals surface area contributed by atoms with Crippen molar-refractivity contribution < 1.29 is 19.2 Å². The van der Waals surface area contributed by atoms with Gasteiger partial charge in [-0.15, -0.1) is 0 Å². The number of thioether (sulfide) groups is 1. The fourth-order valence-electron chi connectivity index (χ4n) is 1.70. The summed E-state index contributed by atoms with van der Waals surface area (Å²) in [6, 6.07) is 0. The molecule has 1 rings (SSSR count). The number of carboxylic acid groups (broad SMARTS) is 1. The number of carbonyl (C=O) groups excluding carboxylic acids is 1. The molecule has 5 nitrogen and oxygen atoms in total. The number of rotatable bonds is 7. The smallest absolute Gasteiger partial charge is 0.283 e. The summed E-state index contributed by atoms with van der Waals surface area (Å²) in [6.07, 6.45) is 8.62. The van der Waals surface area contributed by atoms with E-state index in [-0.39, 0.29) is 6.10 Å². The molecule has 1 aromatic heterocycles. The van der Waals surface area contributed by atoms with Gasteiger partial charge in [0.15, 0.2) is 6.10 Å². The van der Waals surface area contributed by atoms with Gasteiger partial charge in [0, 0.05) is 13.1 Å². The molecular weight excluding hydrogens is 264 g/mol. The summed E-state index contributed by atoms with van der Waals surface area (Å²) in [5.41, 5.74) is 0. The van der Waals surface area contributed by atoms with E-state index in [2.05, 4.69) is 28.9 Å². The Bertz CT molecular complexity index is 347. The van der Waals surface area contributed by atoms with Gasteiger partial charge in [0.2, 0.25) is 0 Å². The standard InChI is InChI=1S/C11H20N2OS.C2H4O2/c1-4-10(14-2)11-12-6-8-13(11)7-5-9-15-3;1-2(3)4/h6,8,10H,4-5,7,9H2,1-3H3;1H3,(H,3,4). The lowest BCUT2D eigenvalue weighted by Gasteiger charge is -2.09. The third kappa shape index (κ3) is 7.89. The molecule has 0 aromatic carbocycles. The molecule has 1 N–H and O–H groups in total. The molecule has 1 aromatic rings. The van der Waals surface area contributed by atoms with Crippen LogP contribution in [-0.4, -0.2) is 30.1 Å². The van der Waals surface area contributed by atoms with E-state index in [4.69, 9.17) is 14.6 Å². The molecule has 0 fully saturated rings. The molecule has 0 aliphatic heterocycles. The highest BCUT2D eigenvalue weighted by Gasteiger charge is 2.20. The van der Waals surface area contributed by atoms with Crippen LogP contribution in [0.1, 0.15) is 38.6 Å². The molecule has 0 aliphatic rings. The van der Waals surface area contributed by atoms with Gasteiger partial charge in [0.1, 0.15) is 12.4 Å². The van der Waals surface area contributed by atoms with E-state index < -0.39 is 5.97 Å². The summed E-state index contributed by atoms with van der Waals surface area (Å²) in [7, 11) is 1.77. The molecule has 0 spiro atoms. The maximum atomic E-state index is 8.89. The van der Waals surface area contributed by atoms with E-state index in [1.54, 1.807) is 7.11 Å². The van der Waals surface area contributed by atoms with Crippen LogP contribution in [0.3, 0.4) is 0 Å². The third-order valence-electron chi connectivity index (χ3n) is 2.50. The number of nitrogens with zero attached hydrogens (tertiary/aromatic N) is 1. The maximum Gasteiger partial charge on any atom is 0.283 e. The Morgan fingerprint density at radius 3 is 2.74 bits per heavy atom. The molecule has 1 atom stereocenters. The van der Waals surface area contributed by atoms with E-state index in [0.29, 0.717) is 0 Å². The lowest BCUT2D eigenvalue weighted by Crippen LogP contribution is -2.38. The molecule has 0 amide bonds. The number of hydrogen-bond donors (Lipinski definition) is 1. The van der Waals surface area contributed by atoms with Gasteiger partial charge in [-0.25, -0.2) is 9.55 Å². The molecule has 1 unspecified atom stereocenters. The van der Waals surface area contributed by atoms with Gasteiger partial charge >= 0.3 is 0 Å². The summed E-state index contributed by atoms with van der Waals surface area (Å²) in [6.45, 7) is 4.18. The minimum Gasteiger partial charge on any atom is -0.550 e. The fourth-order valence-corrected chi connectivity index (χ4v) is 2.12. The van der Waals surface area contributed by atoms with Crippen LogP contribution in [0.5, 0.6) is 0 Å². The van der Waals surface area contributed by atoms with Crippen molar-refractivity contribution in [2.24, 2.45) is 0 Å². The average molecular weight is 288 g/mol. The van der Waals surface area contributed by atoms with E-state index >= 15 is 0 Å². The topological polar surface area (TPSA) is 69.0 Å². The number of aromatic nitrogens is 2. The van der Waals surface area contributed by atoms with E-state index in [9.17, 15) is 0 Å². The highest BCUT2D eigenvalue weighted by molar-refractivity contribution is 7.98. The molecule has 0 saturated carbocycles. The van der Waals surface area contributed by atoms with Crippen molar-refractivity contribution >= 4 is 17.7 Å². The van der Waals surface area contributed by atoms with Crippen LogP contribution < -0.4 is 9.67 Å². The monoisotopic (exact) mass is 288 g/mol. The number of H-pyrrole nitrogens is 1. The van der Waals surface area contributed by atoms with Gasteiger partial charge in [-0.3, -0.25) is 0 Å². The summed E-state index contributed by atoms with van der Waals surface area (Å²) in [4.78, 5) is 12.2. The number of nitrogens with one attached hydrogen (secondary N) is 1. The predicted octanol–water partition coefficient (Wildman–Crippen LogP) is 0.909. The first-order chi connectivity index (χ1) is 9.06. The molecule has 1 heterocycles. The number of aryl methyl sites for hydroxylation is 1. The maximum absolute atomic E-state index is 8.89. The number of carbonyl (C=O) groups is 1. The Morgan fingerprint density at radius 1 is 1.63 bits per heavy atom. The van der Waals surface area contributed by atoms with Gasteiger partial charge < -0.3 is 14.6 Å². The molecule has 19 heavy (non-hydrogen) atoms. The number of imidazole rings is 1. The van der Waals surface area contributed by atoms with Crippen LogP contribution in [0.25, 0.3) is 0 Å². The fraction of sp³-hybridized carbons (Fsp3) is 0.692. The lowest BCUT2D eigenvalue weighted by atomic mass is 10.2. The Kier molecular flexibility index (Phi) is 10.3. The second-order valence-electron chi connectivity index (χ2n) is 4.01.